The lowest BCUT2D eigenvalue weighted by Gasteiger charge is -2.41. The second-order valence-corrected chi connectivity index (χ2v) is 10.2. The summed E-state index contributed by atoms with van der Waals surface area (Å²) in [5.74, 6) is -0.112. The van der Waals surface area contributed by atoms with Crippen LogP contribution in [0.25, 0.3) is 0 Å². The third kappa shape index (κ3) is 7.07. The van der Waals surface area contributed by atoms with E-state index in [9.17, 15) is 9.90 Å². The van der Waals surface area contributed by atoms with Gasteiger partial charge in [-0.2, -0.15) is 0 Å². The highest BCUT2D eigenvalue weighted by Crippen LogP contribution is 2.38. The number of amides is 1. The van der Waals surface area contributed by atoms with E-state index >= 15 is 0 Å². The Labute approximate surface area is 225 Å². The number of nitrogens with one attached hydrogen (secondary N) is 1. The van der Waals surface area contributed by atoms with Crippen molar-refractivity contribution in [3.05, 3.63) is 101 Å². The van der Waals surface area contributed by atoms with Crippen LogP contribution in [0.3, 0.4) is 0 Å². The third-order valence-electron chi connectivity index (χ3n) is 7.27. The molecule has 7 heteroatoms. The topological polar surface area (TPSA) is 74.3 Å². The molecular formula is C31H37N3O4. The second kappa shape index (κ2) is 12.7. The number of carbonyl (C=O) groups is 1. The minimum atomic E-state index is -0.538. The Morgan fingerprint density at radius 2 is 1.61 bits per heavy atom. The Bertz CT molecular complexity index is 1180. The maximum atomic E-state index is 11.6. The fourth-order valence-electron chi connectivity index (χ4n) is 5.26. The fourth-order valence-corrected chi connectivity index (χ4v) is 5.26. The molecule has 2 fully saturated rings. The number of aliphatic hydroxyl groups excluding tert-OH is 1. The molecule has 5 rings (SSSR count). The number of ether oxygens (including phenoxy) is 2. The molecule has 0 aliphatic carbocycles. The van der Waals surface area contributed by atoms with Crippen LogP contribution in [0.2, 0.25) is 0 Å². The van der Waals surface area contributed by atoms with E-state index in [0.717, 1.165) is 68.1 Å². The molecule has 0 radical (unpaired) electrons. The quantitative estimate of drug-likeness (QED) is 0.460. The van der Waals surface area contributed by atoms with Gasteiger partial charge in [0.1, 0.15) is 0 Å². The molecule has 2 aliphatic heterocycles. The van der Waals surface area contributed by atoms with Gasteiger partial charge in [-0.1, -0.05) is 66.7 Å². The van der Waals surface area contributed by atoms with Gasteiger partial charge in [-0.15, -0.1) is 0 Å². The van der Waals surface area contributed by atoms with Gasteiger partial charge in [-0.05, 0) is 28.8 Å². The molecule has 3 atom stereocenters. The molecule has 3 aromatic carbocycles. The summed E-state index contributed by atoms with van der Waals surface area (Å²) >= 11 is 0. The zero-order chi connectivity index (χ0) is 26.3. The van der Waals surface area contributed by atoms with Crippen LogP contribution in [-0.2, 0) is 27.4 Å². The maximum absolute atomic E-state index is 11.6. The number of nitrogens with zero attached hydrogens (tertiary/aromatic N) is 2. The number of anilines is 1. The van der Waals surface area contributed by atoms with E-state index in [1.165, 1.54) is 12.5 Å². The smallest absolute Gasteiger partial charge is 0.221 e. The highest BCUT2D eigenvalue weighted by Gasteiger charge is 2.34. The molecule has 0 spiro atoms. The van der Waals surface area contributed by atoms with Gasteiger partial charge in [-0.3, -0.25) is 14.6 Å². The summed E-state index contributed by atoms with van der Waals surface area (Å²) in [7, 11) is 0. The van der Waals surface area contributed by atoms with E-state index in [1.54, 1.807) is 0 Å². The molecule has 0 saturated carbocycles. The zero-order valence-corrected chi connectivity index (χ0v) is 22.0. The van der Waals surface area contributed by atoms with Crippen LogP contribution in [0.4, 0.5) is 5.69 Å². The fraction of sp³-hybridized carbons (Fsp3) is 0.387. The summed E-state index contributed by atoms with van der Waals surface area (Å²) < 4.78 is 13.0. The van der Waals surface area contributed by atoms with Gasteiger partial charge in [0.25, 0.3) is 0 Å². The Kier molecular flexibility index (Phi) is 8.83. The average molecular weight is 516 g/mol. The molecule has 0 aromatic heterocycles. The second-order valence-electron chi connectivity index (χ2n) is 10.2. The predicted molar refractivity (Wildman–Crippen MR) is 147 cm³/mol. The predicted octanol–water partition coefficient (Wildman–Crippen LogP) is 4.50. The Hall–Kier alpha value is -3.07. The largest absolute Gasteiger partial charge is 0.392 e. The molecule has 2 saturated heterocycles. The zero-order valence-electron chi connectivity index (χ0n) is 22.0. The van der Waals surface area contributed by atoms with Gasteiger partial charge >= 0.3 is 0 Å². The first kappa shape index (κ1) is 26.5. The number of carbonyl (C=O) groups excluding carboxylic acids is 1. The molecule has 2 N–H and O–H groups in total. The van der Waals surface area contributed by atoms with Gasteiger partial charge in [0.2, 0.25) is 5.91 Å². The molecule has 2 heterocycles. The first-order valence-electron chi connectivity index (χ1n) is 13.4. The van der Waals surface area contributed by atoms with Crippen molar-refractivity contribution >= 4 is 11.6 Å². The SMILES string of the molecule is CC(=O)Nc1cccc([C@H]2O[C@@H](CN3CCN(Cc4ccccc4)CC3)C[C@@H](c3ccc(CO)cc3)O2)c1. The number of hydrogen-bond acceptors (Lipinski definition) is 6. The van der Waals surface area contributed by atoms with Crippen LogP contribution in [0.1, 0.15) is 48.0 Å². The molecule has 2 aliphatic rings. The van der Waals surface area contributed by atoms with Crippen molar-refractivity contribution < 1.29 is 19.4 Å². The van der Waals surface area contributed by atoms with Crippen LogP contribution in [0.15, 0.2) is 78.9 Å². The molecule has 200 valence electrons. The number of benzene rings is 3. The van der Waals surface area contributed by atoms with Crippen LogP contribution in [0, 0.1) is 0 Å². The summed E-state index contributed by atoms with van der Waals surface area (Å²) in [5, 5.41) is 12.3. The first-order valence-corrected chi connectivity index (χ1v) is 13.4. The van der Waals surface area contributed by atoms with Crippen LogP contribution >= 0.6 is 0 Å². The van der Waals surface area contributed by atoms with Crippen molar-refractivity contribution in [1.29, 1.82) is 0 Å². The van der Waals surface area contributed by atoms with Crippen LogP contribution in [-0.4, -0.2) is 59.6 Å². The molecule has 7 nitrogen and oxygen atoms in total. The van der Waals surface area contributed by atoms with Crippen molar-refractivity contribution in [2.75, 3.05) is 38.0 Å². The molecule has 0 bridgehead atoms. The lowest BCUT2D eigenvalue weighted by atomic mass is 9.99. The van der Waals surface area contributed by atoms with Gasteiger partial charge in [0, 0.05) is 63.9 Å². The Balaban J connectivity index is 1.27. The first-order chi connectivity index (χ1) is 18.6. The third-order valence-corrected chi connectivity index (χ3v) is 7.27. The Morgan fingerprint density at radius 1 is 0.868 bits per heavy atom. The summed E-state index contributed by atoms with van der Waals surface area (Å²) in [6, 6.07) is 26.3. The maximum Gasteiger partial charge on any atom is 0.221 e. The van der Waals surface area contributed by atoms with Crippen molar-refractivity contribution in [2.45, 2.75) is 45.0 Å². The molecular weight excluding hydrogens is 478 g/mol. The van der Waals surface area contributed by atoms with Gasteiger partial charge in [0.15, 0.2) is 6.29 Å². The minimum absolute atomic E-state index is 0.00126. The number of piperazine rings is 1. The number of aliphatic hydroxyl groups is 1. The lowest BCUT2D eigenvalue weighted by molar-refractivity contribution is -0.253. The highest BCUT2D eigenvalue weighted by molar-refractivity contribution is 5.88. The highest BCUT2D eigenvalue weighted by atomic mass is 16.7. The summed E-state index contributed by atoms with van der Waals surface area (Å²) in [6.07, 6.45) is 0.0888. The van der Waals surface area contributed by atoms with Gasteiger partial charge in [0.05, 0.1) is 18.8 Å². The summed E-state index contributed by atoms with van der Waals surface area (Å²) in [5.41, 5.74) is 4.91. The van der Waals surface area contributed by atoms with Crippen molar-refractivity contribution in [3.8, 4) is 0 Å². The summed E-state index contributed by atoms with van der Waals surface area (Å²) in [4.78, 5) is 16.6. The Morgan fingerprint density at radius 3 is 2.32 bits per heavy atom. The molecule has 3 aromatic rings. The van der Waals surface area contributed by atoms with E-state index in [2.05, 4.69) is 45.4 Å². The molecule has 1 amide bonds. The lowest BCUT2D eigenvalue weighted by Crippen LogP contribution is -2.49. The minimum Gasteiger partial charge on any atom is -0.392 e. The summed E-state index contributed by atoms with van der Waals surface area (Å²) in [6.45, 7) is 7.43. The van der Waals surface area contributed by atoms with E-state index in [-0.39, 0.29) is 24.7 Å². The standard InChI is InChI=1S/C31H37N3O4/c1-23(36)32-28-9-5-8-27(18-28)31-37-29(19-30(38-31)26-12-10-25(22-35)11-13-26)21-34-16-14-33(15-17-34)20-24-6-3-2-4-7-24/h2-13,18,29-31,35H,14-17,19-22H2,1H3,(H,32,36)/t29-,30+,31+/m1/s1. The number of rotatable bonds is 8. The van der Waals surface area contributed by atoms with Crippen molar-refractivity contribution in [2.24, 2.45) is 0 Å². The van der Waals surface area contributed by atoms with E-state index in [4.69, 9.17) is 9.47 Å². The van der Waals surface area contributed by atoms with Crippen LogP contribution < -0.4 is 5.32 Å². The van der Waals surface area contributed by atoms with E-state index < -0.39 is 6.29 Å². The van der Waals surface area contributed by atoms with Gasteiger partial charge < -0.3 is 19.9 Å². The van der Waals surface area contributed by atoms with Crippen molar-refractivity contribution in [3.63, 3.8) is 0 Å². The number of hydrogen-bond donors (Lipinski definition) is 2. The van der Waals surface area contributed by atoms with Crippen LogP contribution in [0.5, 0.6) is 0 Å². The monoisotopic (exact) mass is 515 g/mol. The molecule has 0 unspecified atom stereocenters. The van der Waals surface area contributed by atoms with Gasteiger partial charge in [-0.25, -0.2) is 0 Å². The normalized spacial score (nSPS) is 22.7. The average Bonchev–Trinajstić information content (AvgIpc) is 2.94. The molecule has 38 heavy (non-hydrogen) atoms. The van der Waals surface area contributed by atoms with E-state index in [0.29, 0.717) is 0 Å². The van der Waals surface area contributed by atoms with E-state index in [1.807, 2.05) is 48.5 Å². The van der Waals surface area contributed by atoms with Crippen molar-refractivity contribution in [1.82, 2.24) is 9.80 Å².